The van der Waals surface area contributed by atoms with Crippen molar-refractivity contribution < 1.29 is 14.0 Å². The number of nitrogens with one attached hydrogen (secondary N) is 1. The largest absolute Gasteiger partial charge is 0.469 e. The van der Waals surface area contributed by atoms with E-state index in [0.29, 0.717) is 29.5 Å². The maximum Gasteiger partial charge on any atom is 0.258 e. The molecule has 0 saturated carbocycles. The normalized spacial score (nSPS) is 17.3. The quantitative estimate of drug-likeness (QED) is 0.935. The van der Waals surface area contributed by atoms with Crippen molar-refractivity contribution in [3.05, 3.63) is 59.5 Å². The number of furan rings is 1. The zero-order valence-corrected chi connectivity index (χ0v) is 13.6. The van der Waals surface area contributed by atoms with Gasteiger partial charge in [0.1, 0.15) is 11.8 Å². The molecule has 2 amide bonds. The van der Waals surface area contributed by atoms with Crippen molar-refractivity contribution in [1.82, 2.24) is 10.2 Å². The first-order valence-corrected chi connectivity index (χ1v) is 8.56. The Morgan fingerprint density at radius 1 is 1.30 bits per heavy atom. The molecule has 0 bridgehead atoms. The molecule has 1 aromatic heterocycles. The molecule has 6 heteroatoms. The Morgan fingerprint density at radius 2 is 2.09 bits per heavy atom. The minimum absolute atomic E-state index is 0.117. The topological polar surface area (TPSA) is 62.6 Å². The van der Waals surface area contributed by atoms with Crippen LogP contribution in [0, 0.1) is 6.92 Å². The van der Waals surface area contributed by atoms with E-state index in [2.05, 4.69) is 5.32 Å². The van der Waals surface area contributed by atoms with Gasteiger partial charge in [-0.2, -0.15) is 0 Å². The number of nitrogens with zero attached hydrogens (tertiary/aromatic N) is 1. The minimum Gasteiger partial charge on any atom is -0.469 e. The molecule has 1 fully saturated rings. The van der Waals surface area contributed by atoms with Gasteiger partial charge >= 0.3 is 0 Å². The number of amides is 2. The lowest BCUT2D eigenvalue weighted by molar-refractivity contribution is -0.124. The average Bonchev–Trinajstić information content (AvgIpc) is 3.22. The molecule has 3 rings (SSSR count). The molecule has 2 heterocycles. The van der Waals surface area contributed by atoms with Crippen LogP contribution in [0.15, 0.2) is 47.1 Å². The number of benzene rings is 1. The summed E-state index contributed by atoms with van der Waals surface area (Å²) < 4.78 is 5.19. The maximum absolute atomic E-state index is 12.6. The van der Waals surface area contributed by atoms with Crippen molar-refractivity contribution in [2.45, 2.75) is 19.5 Å². The van der Waals surface area contributed by atoms with Gasteiger partial charge in [0.25, 0.3) is 5.91 Å². The molecule has 1 saturated heterocycles. The zero-order valence-electron chi connectivity index (χ0n) is 12.8. The van der Waals surface area contributed by atoms with Crippen LogP contribution in [0.25, 0.3) is 0 Å². The number of hydrogen-bond donors (Lipinski definition) is 1. The highest BCUT2D eigenvalue weighted by molar-refractivity contribution is 7.99. The molecule has 0 unspecified atom stereocenters. The minimum atomic E-state index is -0.439. The van der Waals surface area contributed by atoms with Crippen molar-refractivity contribution in [3.63, 3.8) is 0 Å². The Hall–Kier alpha value is -2.21. The van der Waals surface area contributed by atoms with E-state index in [1.165, 1.54) is 6.26 Å². The molecule has 1 aliphatic rings. The van der Waals surface area contributed by atoms with E-state index >= 15 is 0 Å². The molecule has 1 atom stereocenters. The SMILES string of the molecule is Cc1occc1C(=O)N1CSC[C@@H]1C(=O)NCc1ccccc1. The Balaban J connectivity index is 1.65. The molecule has 1 aliphatic heterocycles. The van der Waals surface area contributed by atoms with E-state index in [1.54, 1.807) is 29.7 Å². The van der Waals surface area contributed by atoms with E-state index in [4.69, 9.17) is 4.42 Å². The number of hydrogen-bond acceptors (Lipinski definition) is 4. The molecular formula is C17H18N2O3S. The van der Waals surface area contributed by atoms with Crippen LogP contribution in [0.1, 0.15) is 21.7 Å². The lowest BCUT2D eigenvalue weighted by atomic mass is 10.2. The van der Waals surface area contributed by atoms with Crippen LogP contribution in [-0.2, 0) is 11.3 Å². The molecule has 1 aromatic carbocycles. The molecule has 5 nitrogen and oxygen atoms in total. The Bertz CT molecular complexity index is 699. The summed E-state index contributed by atoms with van der Waals surface area (Å²) in [7, 11) is 0. The lowest BCUT2D eigenvalue weighted by Gasteiger charge is -2.22. The highest BCUT2D eigenvalue weighted by Gasteiger charge is 2.35. The summed E-state index contributed by atoms with van der Waals surface area (Å²) in [5, 5.41) is 2.92. The van der Waals surface area contributed by atoms with Crippen molar-refractivity contribution in [2.24, 2.45) is 0 Å². The maximum atomic E-state index is 12.6. The Kier molecular flexibility index (Phi) is 4.71. The Morgan fingerprint density at radius 3 is 2.78 bits per heavy atom. The van der Waals surface area contributed by atoms with Gasteiger partial charge in [0.2, 0.25) is 5.91 Å². The predicted octanol–water partition coefficient (Wildman–Crippen LogP) is 2.42. The molecule has 120 valence electrons. The number of carbonyl (C=O) groups excluding carboxylic acids is 2. The molecule has 2 aromatic rings. The van der Waals surface area contributed by atoms with Gasteiger partial charge in [-0.25, -0.2) is 0 Å². The van der Waals surface area contributed by atoms with Gasteiger partial charge in [-0.15, -0.1) is 11.8 Å². The number of aryl methyl sites for hydroxylation is 1. The molecule has 1 N–H and O–H groups in total. The fourth-order valence-electron chi connectivity index (χ4n) is 2.52. The summed E-state index contributed by atoms with van der Waals surface area (Å²) in [5.74, 6) is 1.45. The molecular weight excluding hydrogens is 312 g/mol. The second kappa shape index (κ2) is 6.91. The second-order valence-corrected chi connectivity index (χ2v) is 6.38. The van der Waals surface area contributed by atoms with Crippen LogP contribution in [0.2, 0.25) is 0 Å². The first kappa shape index (κ1) is 15.7. The van der Waals surface area contributed by atoms with Gasteiger partial charge in [0.05, 0.1) is 17.7 Å². The summed E-state index contributed by atoms with van der Waals surface area (Å²) in [6.45, 7) is 2.22. The summed E-state index contributed by atoms with van der Waals surface area (Å²) in [4.78, 5) is 26.7. The van der Waals surface area contributed by atoms with E-state index in [1.807, 2.05) is 30.3 Å². The predicted molar refractivity (Wildman–Crippen MR) is 89.0 cm³/mol. The molecule has 0 aliphatic carbocycles. The molecule has 0 spiro atoms. The third-order valence-corrected chi connectivity index (χ3v) is 4.86. The van der Waals surface area contributed by atoms with Crippen molar-refractivity contribution in [2.75, 3.05) is 11.6 Å². The standard InChI is InChI=1S/C17H18N2O3S/c1-12-14(7-8-22-12)17(21)19-11-23-10-15(19)16(20)18-9-13-5-3-2-4-6-13/h2-8,15H,9-11H2,1H3,(H,18,20)/t15-/m1/s1. The lowest BCUT2D eigenvalue weighted by Crippen LogP contribution is -2.47. The van der Waals surface area contributed by atoms with Gasteiger partial charge in [0.15, 0.2) is 0 Å². The van der Waals surface area contributed by atoms with Gasteiger partial charge < -0.3 is 14.6 Å². The summed E-state index contributed by atoms with van der Waals surface area (Å²) >= 11 is 1.59. The van der Waals surface area contributed by atoms with E-state index in [9.17, 15) is 9.59 Å². The van der Waals surface area contributed by atoms with E-state index < -0.39 is 6.04 Å². The summed E-state index contributed by atoms with van der Waals surface area (Å²) in [6, 6.07) is 10.9. The van der Waals surface area contributed by atoms with Crippen LogP contribution in [0.5, 0.6) is 0 Å². The summed E-state index contributed by atoms with van der Waals surface area (Å²) in [6.07, 6.45) is 1.50. The smallest absolute Gasteiger partial charge is 0.258 e. The van der Waals surface area contributed by atoms with E-state index in [0.717, 1.165) is 5.56 Å². The Labute approximate surface area is 139 Å². The van der Waals surface area contributed by atoms with Crippen molar-refractivity contribution >= 4 is 23.6 Å². The van der Waals surface area contributed by atoms with Gasteiger partial charge in [-0.1, -0.05) is 30.3 Å². The highest BCUT2D eigenvalue weighted by Crippen LogP contribution is 2.24. The van der Waals surface area contributed by atoms with Crippen LogP contribution in [0.4, 0.5) is 0 Å². The van der Waals surface area contributed by atoms with Crippen LogP contribution in [-0.4, -0.2) is 34.4 Å². The van der Waals surface area contributed by atoms with Crippen LogP contribution in [0.3, 0.4) is 0 Å². The number of thioether (sulfide) groups is 1. The monoisotopic (exact) mass is 330 g/mol. The fourth-order valence-corrected chi connectivity index (χ4v) is 3.68. The third kappa shape index (κ3) is 3.42. The van der Waals surface area contributed by atoms with Crippen LogP contribution >= 0.6 is 11.8 Å². The zero-order chi connectivity index (χ0) is 16.2. The molecule has 0 radical (unpaired) electrons. The van der Waals surface area contributed by atoms with Gasteiger partial charge in [-0.3, -0.25) is 9.59 Å². The van der Waals surface area contributed by atoms with Gasteiger partial charge in [-0.05, 0) is 18.6 Å². The first-order valence-electron chi connectivity index (χ1n) is 7.41. The fraction of sp³-hybridized carbons (Fsp3) is 0.294. The number of carbonyl (C=O) groups is 2. The highest BCUT2D eigenvalue weighted by atomic mass is 32.2. The first-order chi connectivity index (χ1) is 11.2. The third-order valence-electron chi connectivity index (χ3n) is 3.84. The van der Waals surface area contributed by atoms with E-state index in [-0.39, 0.29) is 11.8 Å². The number of rotatable bonds is 4. The molecule has 23 heavy (non-hydrogen) atoms. The summed E-state index contributed by atoms with van der Waals surface area (Å²) in [5.41, 5.74) is 1.56. The van der Waals surface area contributed by atoms with Crippen LogP contribution < -0.4 is 5.32 Å². The van der Waals surface area contributed by atoms with Crippen molar-refractivity contribution in [3.8, 4) is 0 Å². The second-order valence-electron chi connectivity index (χ2n) is 5.38. The van der Waals surface area contributed by atoms with Gasteiger partial charge in [0, 0.05) is 12.3 Å². The van der Waals surface area contributed by atoms with Crippen molar-refractivity contribution in [1.29, 1.82) is 0 Å². The average molecular weight is 330 g/mol.